The first-order chi connectivity index (χ1) is 9.88. The topological polar surface area (TPSA) is 56.7 Å². The molecule has 2 aromatic rings. The summed E-state index contributed by atoms with van der Waals surface area (Å²) in [6.07, 6.45) is -3.45. The highest BCUT2D eigenvalue weighted by atomic mass is 19.4. The van der Waals surface area contributed by atoms with Gasteiger partial charge in [0.15, 0.2) is 5.82 Å². The van der Waals surface area contributed by atoms with Crippen LogP contribution in [0.3, 0.4) is 0 Å². The lowest BCUT2D eigenvalue weighted by molar-refractivity contribution is -0.139. The Morgan fingerprint density at radius 2 is 2.00 bits per heavy atom. The molecule has 1 atom stereocenters. The number of rotatable bonds is 1. The fraction of sp³-hybridized carbons (Fsp3) is 0.385. The van der Waals surface area contributed by atoms with Crippen molar-refractivity contribution in [3.63, 3.8) is 0 Å². The number of nitrogens with zero attached hydrogens (tertiary/aromatic N) is 3. The number of nitrogens with two attached hydrogens (primary N) is 1. The second-order valence-corrected chi connectivity index (χ2v) is 5.01. The predicted molar refractivity (Wildman–Crippen MR) is 66.7 cm³/mol. The van der Waals surface area contributed by atoms with Gasteiger partial charge in [0.25, 0.3) is 0 Å². The van der Waals surface area contributed by atoms with E-state index in [1.807, 2.05) is 0 Å². The zero-order valence-electron chi connectivity index (χ0n) is 10.9. The first-order valence-corrected chi connectivity index (χ1v) is 6.41. The van der Waals surface area contributed by atoms with E-state index in [1.54, 1.807) is 4.57 Å². The Morgan fingerprint density at radius 1 is 1.24 bits per heavy atom. The summed E-state index contributed by atoms with van der Waals surface area (Å²) in [6.45, 7) is 0.368. The Bertz CT molecular complexity index is 677. The van der Waals surface area contributed by atoms with Crippen LogP contribution in [-0.4, -0.2) is 20.8 Å². The Hall–Kier alpha value is -1.96. The van der Waals surface area contributed by atoms with Crippen molar-refractivity contribution < 1.29 is 17.6 Å². The van der Waals surface area contributed by atoms with Gasteiger partial charge in [0.1, 0.15) is 11.6 Å². The van der Waals surface area contributed by atoms with Crippen LogP contribution in [0, 0.1) is 5.82 Å². The molecule has 8 heteroatoms. The molecule has 2 N–H and O–H groups in total. The second-order valence-electron chi connectivity index (χ2n) is 5.01. The molecular formula is C13H12F4N4. The van der Waals surface area contributed by atoms with Gasteiger partial charge in [-0.1, -0.05) is 6.07 Å². The molecule has 1 aliphatic rings. The second kappa shape index (κ2) is 4.80. The van der Waals surface area contributed by atoms with Crippen LogP contribution in [0.1, 0.15) is 17.8 Å². The zero-order chi connectivity index (χ0) is 15.2. The first-order valence-electron chi connectivity index (χ1n) is 6.41. The summed E-state index contributed by atoms with van der Waals surface area (Å²) in [5.41, 5.74) is 4.32. The SMILES string of the molecule is NC1CCc2nnc(-c3cccc(C(F)(F)F)c3F)n2C1. The average Bonchev–Trinajstić information content (AvgIpc) is 2.80. The van der Waals surface area contributed by atoms with E-state index in [0.29, 0.717) is 24.9 Å². The van der Waals surface area contributed by atoms with Crippen LogP contribution in [0.5, 0.6) is 0 Å². The van der Waals surface area contributed by atoms with Crippen molar-refractivity contribution >= 4 is 0 Å². The highest BCUT2D eigenvalue weighted by Crippen LogP contribution is 2.35. The highest BCUT2D eigenvalue weighted by Gasteiger charge is 2.36. The Kier molecular flexibility index (Phi) is 3.20. The number of aryl methyl sites for hydroxylation is 1. The lowest BCUT2D eigenvalue weighted by atomic mass is 10.1. The summed E-state index contributed by atoms with van der Waals surface area (Å²) in [4.78, 5) is 0. The van der Waals surface area contributed by atoms with Crippen LogP contribution in [-0.2, 0) is 19.1 Å². The normalized spacial score (nSPS) is 18.6. The number of hydrogen-bond donors (Lipinski definition) is 1. The molecule has 0 fully saturated rings. The van der Waals surface area contributed by atoms with Crippen LogP contribution < -0.4 is 5.73 Å². The maximum atomic E-state index is 14.2. The Balaban J connectivity index is 2.12. The number of hydrogen-bond acceptors (Lipinski definition) is 3. The van der Waals surface area contributed by atoms with Crippen molar-refractivity contribution in [1.29, 1.82) is 0 Å². The summed E-state index contributed by atoms with van der Waals surface area (Å²) < 4.78 is 54.1. The van der Waals surface area contributed by atoms with Crippen molar-refractivity contribution in [3.05, 3.63) is 35.4 Å². The molecule has 0 radical (unpaired) electrons. The van der Waals surface area contributed by atoms with Crippen LogP contribution in [0.15, 0.2) is 18.2 Å². The minimum absolute atomic E-state index is 0.0868. The van der Waals surface area contributed by atoms with Gasteiger partial charge in [0.2, 0.25) is 0 Å². The monoisotopic (exact) mass is 300 g/mol. The number of aromatic nitrogens is 3. The molecule has 3 rings (SSSR count). The van der Waals surface area contributed by atoms with Gasteiger partial charge < -0.3 is 10.3 Å². The van der Waals surface area contributed by atoms with Crippen LogP contribution in [0.25, 0.3) is 11.4 Å². The summed E-state index contributed by atoms with van der Waals surface area (Å²) in [7, 11) is 0. The Morgan fingerprint density at radius 3 is 2.71 bits per heavy atom. The largest absolute Gasteiger partial charge is 0.419 e. The Labute approximate surface area is 117 Å². The smallest absolute Gasteiger partial charge is 0.326 e. The van der Waals surface area contributed by atoms with Crippen molar-refractivity contribution in [2.45, 2.75) is 31.6 Å². The third-order valence-corrected chi connectivity index (χ3v) is 3.53. The van der Waals surface area contributed by atoms with Crippen LogP contribution in [0.4, 0.5) is 17.6 Å². The summed E-state index contributed by atoms with van der Waals surface area (Å²) in [5, 5.41) is 7.75. The molecule has 0 aliphatic carbocycles. The molecule has 0 amide bonds. The van der Waals surface area contributed by atoms with E-state index in [9.17, 15) is 17.6 Å². The van der Waals surface area contributed by atoms with Crippen LogP contribution in [0.2, 0.25) is 0 Å². The number of fused-ring (bicyclic) bond motifs is 1. The van der Waals surface area contributed by atoms with Gasteiger partial charge in [-0.25, -0.2) is 4.39 Å². The molecule has 2 heterocycles. The van der Waals surface area contributed by atoms with Gasteiger partial charge in [-0.3, -0.25) is 0 Å². The molecule has 0 bridgehead atoms. The zero-order valence-corrected chi connectivity index (χ0v) is 10.9. The van der Waals surface area contributed by atoms with Crippen molar-refractivity contribution in [2.75, 3.05) is 0 Å². The van der Waals surface area contributed by atoms with E-state index in [1.165, 1.54) is 6.07 Å². The number of benzene rings is 1. The molecule has 21 heavy (non-hydrogen) atoms. The van der Waals surface area contributed by atoms with E-state index in [2.05, 4.69) is 10.2 Å². The minimum Gasteiger partial charge on any atom is -0.326 e. The molecule has 0 spiro atoms. The third-order valence-electron chi connectivity index (χ3n) is 3.53. The van der Waals surface area contributed by atoms with Crippen molar-refractivity contribution in [3.8, 4) is 11.4 Å². The molecule has 0 saturated heterocycles. The van der Waals surface area contributed by atoms with Crippen molar-refractivity contribution in [1.82, 2.24) is 14.8 Å². The molecule has 0 saturated carbocycles. The highest BCUT2D eigenvalue weighted by molar-refractivity contribution is 5.58. The van der Waals surface area contributed by atoms with E-state index in [-0.39, 0.29) is 17.4 Å². The quantitative estimate of drug-likeness (QED) is 0.823. The van der Waals surface area contributed by atoms with Gasteiger partial charge >= 0.3 is 6.18 Å². The minimum atomic E-state index is -4.75. The summed E-state index contributed by atoms with van der Waals surface area (Å²) >= 11 is 0. The standard InChI is InChI=1S/C13H12F4N4/c14-11-8(2-1-3-9(11)13(15,16)17)12-20-19-10-5-4-7(18)6-21(10)12/h1-3,7H,4-6,18H2. The van der Waals surface area contributed by atoms with E-state index in [0.717, 1.165) is 12.5 Å². The molecule has 1 aliphatic heterocycles. The van der Waals surface area contributed by atoms with Crippen molar-refractivity contribution in [2.24, 2.45) is 5.73 Å². The maximum absolute atomic E-state index is 14.2. The average molecular weight is 300 g/mol. The molecule has 1 unspecified atom stereocenters. The van der Waals surface area contributed by atoms with Gasteiger partial charge in [-0.15, -0.1) is 10.2 Å². The fourth-order valence-electron chi connectivity index (χ4n) is 2.48. The van der Waals surface area contributed by atoms with Crippen LogP contribution >= 0.6 is 0 Å². The van der Waals surface area contributed by atoms with Gasteiger partial charge in [-0.05, 0) is 18.6 Å². The summed E-state index contributed by atoms with van der Waals surface area (Å²) in [5.74, 6) is -0.633. The molecule has 1 aromatic carbocycles. The third kappa shape index (κ3) is 2.39. The van der Waals surface area contributed by atoms with Gasteiger partial charge in [0, 0.05) is 19.0 Å². The maximum Gasteiger partial charge on any atom is 0.419 e. The fourth-order valence-corrected chi connectivity index (χ4v) is 2.48. The van der Waals surface area contributed by atoms with Gasteiger partial charge in [-0.2, -0.15) is 13.2 Å². The van der Waals surface area contributed by atoms with E-state index < -0.39 is 17.6 Å². The lowest BCUT2D eigenvalue weighted by Gasteiger charge is -2.21. The number of alkyl halides is 3. The first kappa shape index (κ1) is 14.0. The molecule has 112 valence electrons. The molecule has 1 aromatic heterocycles. The molecule has 4 nitrogen and oxygen atoms in total. The molecular weight excluding hydrogens is 288 g/mol. The van der Waals surface area contributed by atoms with E-state index >= 15 is 0 Å². The number of halogens is 4. The van der Waals surface area contributed by atoms with E-state index in [4.69, 9.17) is 5.73 Å². The van der Waals surface area contributed by atoms with Gasteiger partial charge in [0.05, 0.1) is 11.1 Å². The summed E-state index contributed by atoms with van der Waals surface area (Å²) in [6, 6.07) is 2.99. The lowest BCUT2D eigenvalue weighted by Crippen LogP contribution is -2.32. The predicted octanol–water partition coefficient (Wildman–Crippen LogP) is 2.38.